The summed E-state index contributed by atoms with van der Waals surface area (Å²) in [5.41, 5.74) is 0.529. The van der Waals surface area contributed by atoms with Crippen LogP contribution >= 0.6 is 11.6 Å². The quantitative estimate of drug-likeness (QED) is 0.777. The number of carbonyl (C=O) groups excluding carboxylic acids is 2. The summed E-state index contributed by atoms with van der Waals surface area (Å²) < 4.78 is 26.0. The largest absolute Gasteiger partial charge is 0.352 e. The van der Waals surface area contributed by atoms with E-state index in [1.807, 2.05) is 0 Å². The van der Waals surface area contributed by atoms with Crippen LogP contribution in [0.15, 0.2) is 42.5 Å². The molecule has 0 aliphatic carbocycles. The minimum absolute atomic E-state index is 0.0581. The molecule has 0 saturated carbocycles. The Kier molecular flexibility index (Phi) is 6.26. The molecule has 0 aliphatic rings. The maximum atomic E-state index is 13.0. The predicted molar refractivity (Wildman–Crippen MR) is 88.0 cm³/mol. The third-order valence-corrected chi connectivity index (χ3v) is 3.37. The lowest BCUT2D eigenvalue weighted by Gasteiger charge is -2.07. The second kappa shape index (κ2) is 8.40. The Morgan fingerprint density at radius 2 is 1.62 bits per heavy atom. The van der Waals surface area contributed by atoms with Gasteiger partial charge < -0.3 is 10.6 Å². The van der Waals surface area contributed by atoms with Gasteiger partial charge in [-0.3, -0.25) is 9.59 Å². The summed E-state index contributed by atoms with van der Waals surface area (Å²) in [4.78, 5) is 23.5. The molecule has 7 heteroatoms. The fraction of sp³-hybridized carbons (Fsp3) is 0.176. The van der Waals surface area contributed by atoms with Gasteiger partial charge in [0.1, 0.15) is 11.6 Å². The fourth-order valence-corrected chi connectivity index (χ4v) is 2.13. The van der Waals surface area contributed by atoms with Gasteiger partial charge >= 0.3 is 0 Å². The van der Waals surface area contributed by atoms with Crippen molar-refractivity contribution >= 4 is 29.1 Å². The average molecular weight is 353 g/mol. The summed E-state index contributed by atoms with van der Waals surface area (Å²) in [5, 5.41) is 5.62. The molecular weight excluding hydrogens is 338 g/mol. The number of hydrogen-bond donors (Lipinski definition) is 2. The van der Waals surface area contributed by atoms with Crippen molar-refractivity contribution in [3.8, 4) is 0 Å². The first-order valence-corrected chi connectivity index (χ1v) is 7.61. The Morgan fingerprint density at radius 3 is 2.25 bits per heavy atom. The zero-order valence-electron chi connectivity index (χ0n) is 12.6. The Hall–Kier alpha value is -2.47. The van der Waals surface area contributed by atoms with Crippen LogP contribution in [0.2, 0.25) is 5.02 Å². The van der Waals surface area contributed by atoms with Crippen LogP contribution in [-0.2, 0) is 4.79 Å². The van der Waals surface area contributed by atoms with Crippen LogP contribution in [0.3, 0.4) is 0 Å². The third-order valence-electron chi connectivity index (χ3n) is 3.12. The number of halogens is 3. The van der Waals surface area contributed by atoms with E-state index in [9.17, 15) is 18.4 Å². The van der Waals surface area contributed by atoms with E-state index in [4.69, 9.17) is 11.6 Å². The molecule has 2 aromatic carbocycles. The molecule has 0 unspecified atom stereocenters. The third kappa shape index (κ3) is 5.62. The first-order chi connectivity index (χ1) is 11.4. The lowest BCUT2D eigenvalue weighted by molar-refractivity contribution is -0.116. The van der Waals surface area contributed by atoms with Gasteiger partial charge in [-0.25, -0.2) is 8.78 Å². The summed E-state index contributed by atoms with van der Waals surface area (Å²) in [6.45, 7) is 0.298. The fourth-order valence-electron chi connectivity index (χ4n) is 2.00. The normalized spacial score (nSPS) is 10.3. The molecule has 0 saturated heterocycles. The highest BCUT2D eigenvalue weighted by atomic mass is 35.5. The molecule has 0 heterocycles. The van der Waals surface area contributed by atoms with Crippen LogP contribution < -0.4 is 10.6 Å². The zero-order valence-corrected chi connectivity index (χ0v) is 13.4. The monoisotopic (exact) mass is 352 g/mol. The van der Waals surface area contributed by atoms with E-state index in [2.05, 4.69) is 10.6 Å². The van der Waals surface area contributed by atoms with Crippen LogP contribution in [0.5, 0.6) is 0 Å². The summed E-state index contributed by atoms with van der Waals surface area (Å²) in [5.74, 6) is -2.18. The first kappa shape index (κ1) is 17.9. The van der Waals surface area contributed by atoms with Crippen molar-refractivity contribution in [2.75, 3.05) is 11.9 Å². The number of rotatable bonds is 6. The van der Waals surface area contributed by atoms with Gasteiger partial charge in [0.15, 0.2) is 0 Å². The van der Waals surface area contributed by atoms with Gasteiger partial charge in [0.25, 0.3) is 5.91 Å². The SMILES string of the molecule is O=C(CCCNC(=O)c1ccc(Cl)cc1)Nc1cc(F)cc(F)c1. The molecule has 4 nitrogen and oxygen atoms in total. The Morgan fingerprint density at radius 1 is 1.00 bits per heavy atom. The standard InChI is InChI=1S/C17H15ClF2N2O2/c18-12-5-3-11(4-6-12)17(24)21-7-1-2-16(23)22-15-9-13(19)8-14(20)10-15/h3-6,8-10H,1-2,7H2,(H,21,24)(H,22,23). The van der Waals surface area contributed by atoms with Crippen LogP contribution in [0.25, 0.3) is 0 Å². The average Bonchev–Trinajstić information content (AvgIpc) is 2.51. The van der Waals surface area contributed by atoms with Crippen molar-refractivity contribution in [3.05, 3.63) is 64.7 Å². The van der Waals surface area contributed by atoms with Crippen molar-refractivity contribution in [2.24, 2.45) is 0 Å². The maximum Gasteiger partial charge on any atom is 0.251 e. The van der Waals surface area contributed by atoms with Gasteiger partial charge in [-0.15, -0.1) is 0 Å². The van der Waals surface area contributed by atoms with Crippen LogP contribution in [0.4, 0.5) is 14.5 Å². The Bertz CT molecular complexity index is 716. The number of hydrogen-bond acceptors (Lipinski definition) is 2. The Labute approximate surface area is 142 Å². The predicted octanol–water partition coefficient (Wildman–Crippen LogP) is 3.77. The highest BCUT2D eigenvalue weighted by Crippen LogP contribution is 2.13. The second-order valence-electron chi connectivity index (χ2n) is 5.07. The van der Waals surface area contributed by atoms with Gasteiger partial charge in [-0.2, -0.15) is 0 Å². The molecule has 24 heavy (non-hydrogen) atoms. The van der Waals surface area contributed by atoms with Crippen LogP contribution in [0.1, 0.15) is 23.2 Å². The molecule has 0 aromatic heterocycles. The molecule has 0 bridgehead atoms. The topological polar surface area (TPSA) is 58.2 Å². The van der Waals surface area contributed by atoms with Crippen molar-refractivity contribution in [1.82, 2.24) is 5.32 Å². The Balaban J connectivity index is 1.72. The number of benzene rings is 2. The van der Waals surface area contributed by atoms with E-state index in [1.165, 1.54) is 0 Å². The summed E-state index contributed by atoms with van der Waals surface area (Å²) in [6, 6.07) is 9.21. The molecule has 2 aromatic rings. The summed E-state index contributed by atoms with van der Waals surface area (Å²) in [6.07, 6.45) is 0.502. The zero-order chi connectivity index (χ0) is 17.5. The molecule has 0 radical (unpaired) electrons. The highest BCUT2D eigenvalue weighted by Gasteiger charge is 2.07. The van der Waals surface area contributed by atoms with Gasteiger partial charge in [-0.05, 0) is 42.8 Å². The minimum atomic E-state index is -0.763. The molecule has 2 N–H and O–H groups in total. The lowest BCUT2D eigenvalue weighted by Crippen LogP contribution is -2.25. The second-order valence-corrected chi connectivity index (χ2v) is 5.51. The van der Waals surface area contributed by atoms with Gasteiger partial charge in [-0.1, -0.05) is 11.6 Å². The summed E-state index contributed by atoms with van der Waals surface area (Å²) in [7, 11) is 0. The van der Waals surface area contributed by atoms with Crippen molar-refractivity contribution in [2.45, 2.75) is 12.8 Å². The minimum Gasteiger partial charge on any atom is -0.352 e. The maximum absolute atomic E-state index is 13.0. The van der Waals surface area contributed by atoms with E-state index in [-0.39, 0.29) is 23.9 Å². The van der Waals surface area contributed by atoms with Crippen LogP contribution in [-0.4, -0.2) is 18.4 Å². The lowest BCUT2D eigenvalue weighted by atomic mass is 10.2. The molecule has 126 valence electrons. The molecule has 0 spiro atoms. The molecule has 0 atom stereocenters. The van der Waals surface area contributed by atoms with E-state index in [1.54, 1.807) is 24.3 Å². The van der Waals surface area contributed by atoms with Gasteiger partial charge in [0.05, 0.1) is 0 Å². The van der Waals surface area contributed by atoms with E-state index < -0.39 is 11.6 Å². The van der Waals surface area contributed by atoms with Crippen LogP contribution in [0, 0.1) is 11.6 Å². The molecule has 2 amide bonds. The highest BCUT2D eigenvalue weighted by molar-refractivity contribution is 6.30. The molecule has 0 fully saturated rings. The van der Waals surface area contributed by atoms with Gasteiger partial charge in [0, 0.05) is 35.3 Å². The number of anilines is 1. The molecular formula is C17H15ClF2N2O2. The number of amides is 2. The smallest absolute Gasteiger partial charge is 0.251 e. The molecule has 0 aliphatic heterocycles. The molecule has 2 rings (SSSR count). The van der Waals surface area contributed by atoms with Gasteiger partial charge in [0.2, 0.25) is 5.91 Å². The van der Waals surface area contributed by atoms with Crippen molar-refractivity contribution < 1.29 is 18.4 Å². The first-order valence-electron chi connectivity index (χ1n) is 7.24. The van der Waals surface area contributed by atoms with E-state index in [0.717, 1.165) is 18.2 Å². The van der Waals surface area contributed by atoms with Crippen molar-refractivity contribution in [3.63, 3.8) is 0 Å². The van der Waals surface area contributed by atoms with E-state index in [0.29, 0.717) is 23.6 Å². The van der Waals surface area contributed by atoms with Crippen molar-refractivity contribution in [1.29, 1.82) is 0 Å². The van der Waals surface area contributed by atoms with E-state index >= 15 is 0 Å². The number of carbonyl (C=O) groups is 2. The summed E-state index contributed by atoms with van der Waals surface area (Å²) >= 11 is 5.74. The number of nitrogens with one attached hydrogen (secondary N) is 2.